The van der Waals surface area contributed by atoms with E-state index in [1.807, 2.05) is 0 Å². The second-order valence-corrected chi connectivity index (χ2v) is 8.56. The van der Waals surface area contributed by atoms with Crippen LogP contribution in [0.1, 0.15) is 44.0 Å². The van der Waals surface area contributed by atoms with Crippen LogP contribution >= 0.6 is 11.6 Å². The van der Waals surface area contributed by atoms with Crippen molar-refractivity contribution in [1.29, 1.82) is 0 Å². The molecule has 0 saturated heterocycles. The Morgan fingerprint density at radius 3 is 2.44 bits per heavy atom. The van der Waals surface area contributed by atoms with E-state index in [1.54, 1.807) is 20.8 Å². The highest BCUT2D eigenvalue weighted by atomic mass is 35.5. The first-order valence-electron chi connectivity index (χ1n) is 9.48. The second kappa shape index (κ2) is 8.50. The number of carbonyl (C=O) groups is 2. The monoisotopic (exact) mass is 470 g/mol. The van der Waals surface area contributed by atoms with E-state index in [0.717, 1.165) is 23.3 Å². The number of nitrogens with one attached hydrogen (secondary N) is 1. The molecule has 2 heterocycles. The number of hydrazone groups is 1. The fourth-order valence-corrected chi connectivity index (χ4v) is 3.14. The van der Waals surface area contributed by atoms with E-state index in [1.165, 1.54) is 12.1 Å². The molecular weight excluding hydrogens is 452 g/mol. The van der Waals surface area contributed by atoms with Gasteiger partial charge in [0.05, 0.1) is 34.6 Å². The molecule has 0 atom stereocenters. The van der Waals surface area contributed by atoms with Gasteiger partial charge >= 0.3 is 6.18 Å². The smallest absolute Gasteiger partial charge is 0.351 e. The van der Waals surface area contributed by atoms with Crippen LogP contribution in [0.2, 0.25) is 5.02 Å². The summed E-state index contributed by atoms with van der Waals surface area (Å²) in [5.74, 6) is -1.60. The molecule has 3 rings (SSSR count). The topological polar surface area (TPSA) is 74.7 Å². The van der Waals surface area contributed by atoms with Crippen molar-refractivity contribution in [1.82, 2.24) is 10.3 Å². The average molecular weight is 471 g/mol. The molecule has 170 valence electrons. The average Bonchev–Trinajstić information content (AvgIpc) is 3.07. The van der Waals surface area contributed by atoms with Crippen molar-refractivity contribution < 1.29 is 27.2 Å². The minimum atomic E-state index is -4.62. The van der Waals surface area contributed by atoms with E-state index in [-0.39, 0.29) is 46.4 Å². The molecule has 2 aromatic rings. The third-order valence-corrected chi connectivity index (χ3v) is 4.95. The summed E-state index contributed by atoms with van der Waals surface area (Å²) in [5, 5.41) is 7.56. The number of alkyl halides is 3. The van der Waals surface area contributed by atoms with E-state index in [2.05, 4.69) is 15.4 Å². The Hall–Kier alpha value is -3.01. The maximum absolute atomic E-state index is 15.2. The quantitative estimate of drug-likeness (QED) is 0.658. The van der Waals surface area contributed by atoms with Crippen molar-refractivity contribution >= 4 is 34.8 Å². The molecule has 11 heteroatoms. The van der Waals surface area contributed by atoms with Gasteiger partial charge < -0.3 is 5.32 Å². The molecular formula is C21H19ClF4N4O2. The van der Waals surface area contributed by atoms with E-state index in [4.69, 9.17) is 11.6 Å². The number of halogens is 5. The lowest BCUT2D eigenvalue weighted by Gasteiger charge is -2.18. The van der Waals surface area contributed by atoms with Crippen LogP contribution in [0.5, 0.6) is 0 Å². The van der Waals surface area contributed by atoms with Crippen molar-refractivity contribution in [3.63, 3.8) is 0 Å². The summed E-state index contributed by atoms with van der Waals surface area (Å²) in [6, 6.07) is 4.62. The fraction of sp³-hybridized carbons (Fsp3) is 0.333. The normalized spacial score (nSPS) is 14.6. The standard InChI is InChI=1S/C21H19ClF4N4O2/c1-20(2,3)19(32)28-9-11-4-6-13(22)17(18(11)23)14-8-16(31)30(29-14)12-5-7-15(27-10-12)21(24,25)26/h4-7,10H,8-9H2,1-3H3,(H,28,32). The molecule has 1 aromatic carbocycles. The van der Waals surface area contributed by atoms with Gasteiger partial charge in [-0.2, -0.15) is 23.3 Å². The molecule has 0 fully saturated rings. The van der Waals surface area contributed by atoms with Crippen LogP contribution in [0.15, 0.2) is 35.6 Å². The van der Waals surface area contributed by atoms with Gasteiger partial charge in [-0.25, -0.2) is 9.37 Å². The molecule has 0 aliphatic carbocycles. The van der Waals surface area contributed by atoms with Gasteiger partial charge in [0.2, 0.25) is 5.91 Å². The SMILES string of the molecule is CC(C)(C)C(=O)NCc1ccc(Cl)c(C2=NN(c3ccc(C(F)(F)F)nc3)C(=O)C2)c1F. The van der Waals surface area contributed by atoms with Crippen molar-refractivity contribution in [2.75, 3.05) is 5.01 Å². The molecule has 32 heavy (non-hydrogen) atoms. The summed E-state index contributed by atoms with van der Waals surface area (Å²) in [7, 11) is 0. The minimum absolute atomic E-state index is 0.00289. The fourth-order valence-electron chi connectivity index (χ4n) is 2.89. The van der Waals surface area contributed by atoms with Crippen LogP contribution in [0.4, 0.5) is 23.2 Å². The van der Waals surface area contributed by atoms with E-state index < -0.39 is 29.0 Å². The van der Waals surface area contributed by atoms with Crippen LogP contribution in [-0.4, -0.2) is 22.5 Å². The van der Waals surface area contributed by atoms with Gasteiger partial charge in [0.1, 0.15) is 11.5 Å². The Bertz CT molecular complexity index is 1090. The summed E-state index contributed by atoms with van der Waals surface area (Å²) in [6.07, 6.45) is -4.07. The second-order valence-electron chi connectivity index (χ2n) is 8.16. The highest BCUT2D eigenvalue weighted by molar-refractivity contribution is 6.35. The summed E-state index contributed by atoms with van der Waals surface area (Å²) < 4.78 is 53.3. The van der Waals surface area contributed by atoms with Gasteiger partial charge in [-0.1, -0.05) is 38.4 Å². The third-order valence-electron chi connectivity index (χ3n) is 4.64. The molecule has 2 amide bonds. The minimum Gasteiger partial charge on any atom is -0.351 e. The lowest BCUT2D eigenvalue weighted by molar-refractivity contribution is -0.141. The van der Waals surface area contributed by atoms with E-state index in [9.17, 15) is 22.8 Å². The summed E-state index contributed by atoms with van der Waals surface area (Å²) >= 11 is 6.15. The lowest BCUT2D eigenvalue weighted by atomic mass is 9.95. The van der Waals surface area contributed by atoms with Gasteiger partial charge in [0, 0.05) is 17.5 Å². The Balaban J connectivity index is 1.89. The number of benzene rings is 1. The Morgan fingerprint density at radius 2 is 1.88 bits per heavy atom. The zero-order valence-electron chi connectivity index (χ0n) is 17.3. The number of nitrogens with zero attached hydrogens (tertiary/aromatic N) is 3. The summed E-state index contributed by atoms with van der Waals surface area (Å²) in [4.78, 5) is 27.8. The lowest BCUT2D eigenvalue weighted by Crippen LogP contribution is -2.34. The van der Waals surface area contributed by atoms with Gasteiger partial charge in [0.15, 0.2) is 0 Å². The molecule has 0 spiro atoms. The van der Waals surface area contributed by atoms with E-state index >= 15 is 4.39 Å². The predicted molar refractivity (Wildman–Crippen MR) is 111 cm³/mol. The third kappa shape index (κ3) is 4.90. The predicted octanol–water partition coefficient (Wildman–Crippen LogP) is 4.70. The number of rotatable bonds is 4. The number of aromatic nitrogens is 1. The van der Waals surface area contributed by atoms with Gasteiger partial charge in [-0.05, 0) is 18.2 Å². The number of carbonyl (C=O) groups excluding carboxylic acids is 2. The zero-order chi connectivity index (χ0) is 23.8. The maximum atomic E-state index is 15.2. The van der Waals surface area contributed by atoms with Crippen molar-refractivity contribution in [2.45, 2.75) is 39.9 Å². The van der Waals surface area contributed by atoms with Gasteiger partial charge in [-0.15, -0.1) is 0 Å². The molecule has 1 aromatic heterocycles. The summed E-state index contributed by atoms with van der Waals surface area (Å²) in [5.41, 5.74) is -1.72. The first-order valence-corrected chi connectivity index (χ1v) is 9.86. The highest BCUT2D eigenvalue weighted by Crippen LogP contribution is 2.31. The molecule has 1 N–H and O–H groups in total. The van der Waals surface area contributed by atoms with Crippen LogP contribution in [0.3, 0.4) is 0 Å². The van der Waals surface area contributed by atoms with E-state index in [0.29, 0.717) is 0 Å². The highest BCUT2D eigenvalue weighted by Gasteiger charge is 2.34. The van der Waals surface area contributed by atoms with Gasteiger partial charge in [0.25, 0.3) is 5.91 Å². The molecule has 1 aliphatic rings. The Morgan fingerprint density at radius 1 is 1.19 bits per heavy atom. The molecule has 0 bridgehead atoms. The largest absolute Gasteiger partial charge is 0.433 e. The molecule has 0 unspecified atom stereocenters. The number of hydrogen-bond acceptors (Lipinski definition) is 4. The van der Waals surface area contributed by atoms with Gasteiger partial charge in [-0.3, -0.25) is 9.59 Å². The van der Waals surface area contributed by atoms with Crippen LogP contribution in [0, 0.1) is 11.2 Å². The van der Waals surface area contributed by atoms with Crippen molar-refractivity contribution in [2.24, 2.45) is 10.5 Å². The van der Waals surface area contributed by atoms with Crippen LogP contribution in [0.25, 0.3) is 0 Å². The molecule has 6 nitrogen and oxygen atoms in total. The summed E-state index contributed by atoms with van der Waals surface area (Å²) in [6.45, 7) is 5.06. The molecule has 0 radical (unpaired) electrons. The molecule has 1 aliphatic heterocycles. The number of pyridine rings is 1. The first kappa shape index (κ1) is 23.6. The number of hydrogen-bond donors (Lipinski definition) is 1. The Labute approximate surface area is 186 Å². The molecule has 0 saturated carbocycles. The first-order chi connectivity index (χ1) is 14.8. The van der Waals surface area contributed by atoms with Crippen LogP contribution < -0.4 is 10.3 Å². The van der Waals surface area contributed by atoms with Crippen LogP contribution in [-0.2, 0) is 22.3 Å². The number of amides is 2. The van der Waals surface area contributed by atoms with Crippen molar-refractivity contribution in [3.05, 3.63) is 58.1 Å². The number of anilines is 1. The zero-order valence-corrected chi connectivity index (χ0v) is 18.1. The maximum Gasteiger partial charge on any atom is 0.433 e. The van der Waals surface area contributed by atoms with Crippen molar-refractivity contribution in [3.8, 4) is 0 Å². The Kier molecular flexibility index (Phi) is 6.28.